The lowest BCUT2D eigenvalue weighted by molar-refractivity contribution is 0.461. The van der Waals surface area contributed by atoms with E-state index < -0.39 is 10.0 Å². The minimum absolute atomic E-state index is 0.264. The maximum atomic E-state index is 12.9. The van der Waals surface area contributed by atoms with E-state index in [-0.39, 0.29) is 11.7 Å². The van der Waals surface area contributed by atoms with Crippen molar-refractivity contribution in [1.29, 1.82) is 0 Å². The summed E-state index contributed by atoms with van der Waals surface area (Å²) in [5, 5.41) is 1.10. The molecule has 0 saturated heterocycles. The summed E-state index contributed by atoms with van der Waals surface area (Å²) in [6, 6.07) is 16.0. The molecule has 1 heterocycles. The first-order valence-corrected chi connectivity index (χ1v) is 9.61. The van der Waals surface area contributed by atoms with E-state index in [1.165, 1.54) is 48.7 Å². The number of rotatable bonds is 6. The van der Waals surface area contributed by atoms with E-state index in [2.05, 4.69) is 9.71 Å². The SMILES string of the molecule is Cc1ccc(C=CS(=O)(=O)Nc2ccc(Oc3ccc(F)cc3)nc2)cc1. The van der Waals surface area contributed by atoms with Crippen LogP contribution in [0.4, 0.5) is 10.1 Å². The zero-order valence-corrected chi connectivity index (χ0v) is 15.3. The van der Waals surface area contributed by atoms with Gasteiger partial charge in [0.1, 0.15) is 11.6 Å². The number of nitrogens with zero attached hydrogens (tertiary/aromatic N) is 1. The summed E-state index contributed by atoms with van der Waals surface area (Å²) in [6.45, 7) is 1.96. The molecule has 7 heteroatoms. The van der Waals surface area contributed by atoms with Crippen LogP contribution in [0.25, 0.3) is 6.08 Å². The van der Waals surface area contributed by atoms with Crippen molar-refractivity contribution >= 4 is 21.8 Å². The highest BCUT2D eigenvalue weighted by Crippen LogP contribution is 2.21. The summed E-state index contributed by atoms with van der Waals surface area (Å²) in [5.74, 6) is 0.330. The lowest BCUT2D eigenvalue weighted by Gasteiger charge is -2.07. The monoisotopic (exact) mass is 384 g/mol. The number of pyridine rings is 1. The lowest BCUT2D eigenvalue weighted by atomic mass is 10.2. The number of halogens is 1. The summed E-state index contributed by atoms with van der Waals surface area (Å²) >= 11 is 0. The van der Waals surface area contributed by atoms with Gasteiger partial charge < -0.3 is 4.74 Å². The van der Waals surface area contributed by atoms with Gasteiger partial charge in [0.05, 0.1) is 17.3 Å². The second kappa shape index (κ2) is 8.01. The second-order valence-corrected chi connectivity index (χ2v) is 7.37. The number of aryl methyl sites for hydroxylation is 1. The summed E-state index contributed by atoms with van der Waals surface area (Å²) in [6.07, 6.45) is 2.86. The van der Waals surface area contributed by atoms with E-state index in [1.54, 1.807) is 0 Å². The lowest BCUT2D eigenvalue weighted by Crippen LogP contribution is -2.09. The van der Waals surface area contributed by atoms with Gasteiger partial charge >= 0.3 is 0 Å². The van der Waals surface area contributed by atoms with Crippen LogP contribution in [0.3, 0.4) is 0 Å². The predicted molar refractivity (Wildman–Crippen MR) is 103 cm³/mol. The third-order valence-corrected chi connectivity index (χ3v) is 4.56. The third-order valence-electron chi connectivity index (χ3n) is 3.55. The van der Waals surface area contributed by atoms with Gasteiger partial charge in [-0.3, -0.25) is 4.72 Å². The number of sulfonamides is 1. The average Bonchev–Trinajstić information content (AvgIpc) is 2.65. The molecule has 3 aromatic rings. The Kier molecular flexibility index (Phi) is 5.52. The van der Waals surface area contributed by atoms with E-state index in [9.17, 15) is 12.8 Å². The average molecular weight is 384 g/mol. The Balaban J connectivity index is 1.64. The fraction of sp³-hybridized carbons (Fsp3) is 0.0500. The molecule has 0 fully saturated rings. The largest absolute Gasteiger partial charge is 0.439 e. The molecule has 5 nitrogen and oxygen atoms in total. The topological polar surface area (TPSA) is 68.3 Å². The van der Waals surface area contributed by atoms with E-state index in [0.717, 1.165) is 16.5 Å². The van der Waals surface area contributed by atoms with Crippen LogP contribution in [0.15, 0.2) is 72.3 Å². The number of hydrogen-bond donors (Lipinski definition) is 1. The second-order valence-electron chi connectivity index (χ2n) is 5.80. The third kappa shape index (κ3) is 5.65. The first kappa shape index (κ1) is 18.6. The molecule has 0 bridgehead atoms. The molecule has 138 valence electrons. The summed E-state index contributed by atoms with van der Waals surface area (Å²) in [4.78, 5) is 4.04. The highest BCUT2D eigenvalue weighted by molar-refractivity contribution is 7.95. The molecule has 0 aliphatic rings. The van der Waals surface area contributed by atoms with Crippen molar-refractivity contribution in [2.75, 3.05) is 4.72 Å². The number of aromatic nitrogens is 1. The Morgan fingerprint density at radius 1 is 1.00 bits per heavy atom. The zero-order chi connectivity index (χ0) is 19.3. The Labute approximate surface area is 157 Å². The molecule has 0 aliphatic heterocycles. The fourth-order valence-electron chi connectivity index (χ4n) is 2.17. The van der Waals surface area contributed by atoms with E-state index >= 15 is 0 Å². The standard InChI is InChI=1S/C20H17FN2O3S/c1-15-2-4-16(5-3-15)12-13-27(24,25)23-18-8-11-20(22-14-18)26-19-9-6-17(21)7-10-19/h2-14,23H,1H3. The highest BCUT2D eigenvalue weighted by Gasteiger charge is 2.07. The maximum absolute atomic E-state index is 12.9. The predicted octanol–water partition coefficient (Wildman–Crippen LogP) is 4.73. The van der Waals surface area contributed by atoms with Crippen molar-refractivity contribution in [3.8, 4) is 11.6 Å². The molecule has 3 rings (SSSR count). The highest BCUT2D eigenvalue weighted by atomic mass is 32.2. The number of hydrogen-bond acceptors (Lipinski definition) is 4. The number of ether oxygens (including phenoxy) is 1. The van der Waals surface area contributed by atoms with Crippen LogP contribution in [0, 0.1) is 12.7 Å². The molecule has 27 heavy (non-hydrogen) atoms. The van der Waals surface area contributed by atoms with Crippen LogP contribution in [-0.4, -0.2) is 13.4 Å². The zero-order valence-electron chi connectivity index (χ0n) is 14.5. The molecule has 0 aliphatic carbocycles. The molecule has 0 atom stereocenters. The molecule has 0 unspecified atom stereocenters. The smallest absolute Gasteiger partial charge is 0.255 e. The van der Waals surface area contributed by atoms with Gasteiger partial charge in [-0.15, -0.1) is 0 Å². The van der Waals surface area contributed by atoms with Crippen LogP contribution in [-0.2, 0) is 10.0 Å². The molecular formula is C20H17FN2O3S. The van der Waals surface area contributed by atoms with Crippen molar-refractivity contribution in [2.24, 2.45) is 0 Å². The Morgan fingerprint density at radius 3 is 2.33 bits per heavy atom. The number of nitrogens with one attached hydrogen (secondary N) is 1. The van der Waals surface area contributed by atoms with Crippen LogP contribution in [0.5, 0.6) is 11.6 Å². The molecule has 1 aromatic heterocycles. The first-order valence-electron chi connectivity index (χ1n) is 8.07. The Morgan fingerprint density at radius 2 is 1.70 bits per heavy atom. The van der Waals surface area contributed by atoms with E-state index in [0.29, 0.717) is 11.4 Å². The van der Waals surface area contributed by atoms with Gasteiger partial charge in [0.2, 0.25) is 5.88 Å². The van der Waals surface area contributed by atoms with Gasteiger partial charge in [0.25, 0.3) is 10.0 Å². The van der Waals surface area contributed by atoms with Crippen molar-refractivity contribution in [3.05, 3.63) is 89.2 Å². The molecule has 0 amide bonds. The van der Waals surface area contributed by atoms with E-state index in [1.807, 2.05) is 31.2 Å². The normalized spacial score (nSPS) is 11.5. The first-order chi connectivity index (χ1) is 12.9. The van der Waals surface area contributed by atoms with Gasteiger partial charge in [0.15, 0.2) is 0 Å². The molecule has 2 aromatic carbocycles. The van der Waals surface area contributed by atoms with Crippen molar-refractivity contribution in [2.45, 2.75) is 6.92 Å². The fourth-order valence-corrected chi connectivity index (χ4v) is 3.02. The van der Waals surface area contributed by atoms with Gasteiger partial charge in [-0.1, -0.05) is 29.8 Å². The molecule has 0 spiro atoms. The summed E-state index contributed by atoms with van der Waals surface area (Å²) in [7, 11) is -3.67. The van der Waals surface area contributed by atoms with Crippen LogP contribution >= 0.6 is 0 Å². The summed E-state index contributed by atoms with van der Waals surface area (Å²) in [5.41, 5.74) is 2.18. The minimum Gasteiger partial charge on any atom is -0.439 e. The van der Waals surface area contributed by atoms with Gasteiger partial charge in [-0.2, -0.15) is 0 Å². The minimum atomic E-state index is -3.67. The molecule has 1 N–H and O–H groups in total. The van der Waals surface area contributed by atoms with Crippen molar-refractivity contribution < 1.29 is 17.5 Å². The van der Waals surface area contributed by atoms with Crippen molar-refractivity contribution in [3.63, 3.8) is 0 Å². The summed E-state index contributed by atoms with van der Waals surface area (Å²) < 4.78 is 45.1. The number of benzene rings is 2. The molecule has 0 radical (unpaired) electrons. The number of anilines is 1. The van der Waals surface area contributed by atoms with Crippen LogP contribution < -0.4 is 9.46 Å². The van der Waals surface area contributed by atoms with Gasteiger partial charge in [-0.05, 0) is 48.9 Å². The van der Waals surface area contributed by atoms with Gasteiger partial charge in [0, 0.05) is 6.07 Å². The molecular weight excluding hydrogens is 367 g/mol. The Hall–Kier alpha value is -3.19. The Bertz CT molecular complexity index is 1030. The van der Waals surface area contributed by atoms with Gasteiger partial charge in [-0.25, -0.2) is 17.8 Å². The maximum Gasteiger partial charge on any atom is 0.255 e. The van der Waals surface area contributed by atoms with Crippen LogP contribution in [0.2, 0.25) is 0 Å². The molecule has 0 saturated carbocycles. The van der Waals surface area contributed by atoms with E-state index in [4.69, 9.17) is 4.74 Å². The van der Waals surface area contributed by atoms with Crippen molar-refractivity contribution in [1.82, 2.24) is 4.98 Å². The quantitative estimate of drug-likeness (QED) is 0.667. The van der Waals surface area contributed by atoms with Crippen LogP contribution in [0.1, 0.15) is 11.1 Å².